The average Bonchev–Trinajstić information content (AvgIpc) is 2.62. The van der Waals surface area contributed by atoms with Crippen molar-refractivity contribution in [2.24, 2.45) is 5.92 Å². The van der Waals surface area contributed by atoms with Crippen LogP contribution in [0.15, 0.2) is 30.9 Å². The number of hydrogen-bond donors (Lipinski definition) is 2. The Bertz CT molecular complexity index is 680. The number of rotatable bonds is 6. The van der Waals surface area contributed by atoms with Gasteiger partial charge in [0.05, 0.1) is 10.0 Å². The molecule has 2 amide bonds. The molecule has 0 aromatic heterocycles. The van der Waals surface area contributed by atoms with E-state index in [9.17, 15) is 9.59 Å². The predicted molar refractivity (Wildman–Crippen MR) is 107 cm³/mol. The number of benzene rings is 1. The molecular weight excluding hydrogens is 371 g/mol. The highest BCUT2D eigenvalue weighted by atomic mass is 35.5. The van der Waals surface area contributed by atoms with Crippen molar-refractivity contribution < 1.29 is 9.59 Å². The summed E-state index contributed by atoms with van der Waals surface area (Å²) in [5.41, 5.74) is 0.780. The van der Waals surface area contributed by atoms with Crippen LogP contribution in [0.2, 0.25) is 10.0 Å². The molecule has 1 aliphatic rings. The maximum atomic E-state index is 12.5. The number of hydrogen-bond acceptors (Lipinski definition) is 2. The second-order valence-corrected chi connectivity index (χ2v) is 8.31. The maximum Gasteiger partial charge on any atom is 0.243 e. The zero-order valence-electron chi connectivity index (χ0n) is 15.3. The molecule has 1 aromatic rings. The molecule has 0 spiro atoms. The largest absolute Gasteiger partial charge is 0.355 e. The van der Waals surface area contributed by atoms with Crippen LogP contribution in [0.1, 0.15) is 45.1 Å². The predicted octanol–water partition coefficient (Wildman–Crippen LogP) is 4.25. The van der Waals surface area contributed by atoms with Crippen LogP contribution in [0, 0.1) is 5.92 Å². The minimum atomic E-state index is -0.251. The summed E-state index contributed by atoms with van der Waals surface area (Å²) in [4.78, 5) is 23.9. The van der Waals surface area contributed by atoms with Gasteiger partial charge in [0.2, 0.25) is 11.8 Å². The summed E-state index contributed by atoms with van der Waals surface area (Å²) in [5, 5.41) is 7.02. The van der Waals surface area contributed by atoms with E-state index in [1.54, 1.807) is 6.07 Å². The fraction of sp³-hybridized carbons (Fsp3) is 0.500. The molecular formula is C20H26Cl2N2O2. The van der Waals surface area contributed by atoms with Gasteiger partial charge in [-0.15, -0.1) is 0 Å². The summed E-state index contributed by atoms with van der Waals surface area (Å²) in [6.07, 6.45) is 4.47. The zero-order valence-corrected chi connectivity index (χ0v) is 16.8. The van der Waals surface area contributed by atoms with Crippen LogP contribution >= 0.6 is 23.2 Å². The second-order valence-electron chi connectivity index (χ2n) is 7.49. The third-order valence-electron chi connectivity index (χ3n) is 5.04. The van der Waals surface area contributed by atoms with Gasteiger partial charge in [0.1, 0.15) is 0 Å². The van der Waals surface area contributed by atoms with Gasteiger partial charge in [-0.2, -0.15) is 0 Å². The first-order valence-electron chi connectivity index (χ1n) is 8.89. The Hall–Kier alpha value is -1.52. The summed E-state index contributed by atoms with van der Waals surface area (Å²) in [6, 6.07) is 5.70. The number of amides is 2. The molecule has 2 N–H and O–H groups in total. The van der Waals surface area contributed by atoms with Crippen LogP contribution in [0.4, 0.5) is 0 Å². The number of carbonyl (C=O) groups excluding carboxylic acids is 2. The topological polar surface area (TPSA) is 58.2 Å². The molecule has 0 aliphatic heterocycles. The van der Waals surface area contributed by atoms with Crippen LogP contribution in [-0.2, 0) is 15.0 Å². The minimum absolute atomic E-state index is 0.00325. The van der Waals surface area contributed by atoms with Crippen LogP contribution in [-0.4, -0.2) is 24.4 Å². The first-order chi connectivity index (χ1) is 12.2. The Kier molecular flexibility index (Phi) is 7.13. The highest BCUT2D eigenvalue weighted by Crippen LogP contribution is 2.30. The van der Waals surface area contributed by atoms with Gasteiger partial charge in [-0.25, -0.2) is 0 Å². The van der Waals surface area contributed by atoms with Crippen molar-refractivity contribution in [2.75, 3.05) is 6.54 Å². The van der Waals surface area contributed by atoms with Crippen molar-refractivity contribution in [3.05, 3.63) is 46.5 Å². The van der Waals surface area contributed by atoms with E-state index in [4.69, 9.17) is 23.2 Å². The van der Waals surface area contributed by atoms with Gasteiger partial charge in [-0.3, -0.25) is 9.59 Å². The molecule has 1 saturated carbocycles. The molecule has 4 nitrogen and oxygen atoms in total. The van der Waals surface area contributed by atoms with Gasteiger partial charge in [-0.05, 0) is 49.5 Å². The lowest BCUT2D eigenvalue weighted by Gasteiger charge is -2.30. The third kappa shape index (κ3) is 5.49. The van der Waals surface area contributed by atoms with E-state index in [-0.39, 0.29) is 29.2 Å². The molecule has 0 heterocycles. The Labute approximate surface area is 165 Å². The molecule has 1 fully saturated rings. The van der Waals surface area contributed by atoms with E-state index in [1.165, 1.54) is 6.08 Å². The van der Waals surface area contributed by atoms with Crippen molar-refractivity contribution in [3.8, 4) is 0 Å². The first-order valence-corrected chi connectivity index (χ1v) is 9.64. The van der Waals surface area contributed by atoms with E-state index >= 15 is 0 Å². The van der Waals surface area contributed by atoms with E-state index in [1.807, 2.05) is 12.1 Å². The van der Waals surface area contributed by atoms with Crippen molar-refractivity contribution in [1.29, 1.82) is 0 Å². The molecule has 2 rings (SSSR count). The minimum Gasteiger partial charge on any atom is -0.355 e. The smallest absolute Gasteiger partial charge is 0.243 e. The fourth-order valence-corrected chi connectivity index (χ4v) is 3.53. The third-order valence-corrected chi connectivity index (χ3v) is 5.77. The summed E-state index contributed by atoms with van der Waals surface area (Å²) in [7, 11) is 0. The van der Waals surface area contributed by atoms with Crippen LogP contribution < -0.4 is 10.6 Å². The Balaban J connectivity index is 1.85. The highest BCUT2D eigenvalue weighted by Gasteiger charge is 2.28. The molecule has 1 aromatic carbocycles. The van der Waals surface area contributed by atoms with Gasteiger partial charge in [-0.1, -0.05) is 49.7 Å². The number of halogens is 2. The fourth-order valence-electron chi connectivity index (χ4n) is 3.23. The molecule has 142 valence electrons. The standard InChI is InChI=1S/C20H26Cl2N2O2/c1-4-18(25)24-15-8-5-13(6-9-15)19(26)23-12-20(2,3)14-7-10-16(21)17(22)11-14/h4,7,10-11,13,15H,1,5-6,8-9,12H2,2-3H3,(H,23,26)(H,24,25). The number of nitrogens with one attached hydrogen (secondary N) is 2. The molecule has 0 radical (unpaired) electrons. The van der Waals surface area contributed by atoms with Gasteiger partial charge in [0, 0.05) is 23.9 Å². The lowest BCUT2D eigenvalue weighted by atomic mass is 9.83. The summed E-state index contributed by atoms with van der Waals surface area (Å²) in [6.45, 7) is 8.11. The van der Waals surface area contributed by atoms with Crippen molar-refractivity contribution in [3.63, 3.8) is 0 Å². The lowest BCUT2D eigenvalue weighted by Crippen LogP contribution is -2.43. The lowest BCUT2D eigenvalue weighted by molar-refractivity contribution is -0.126. The van der Waals surface area contributed by atoms with E-state index in [2.05, 4.69) is 31.1 Å². The summed E-state index contributed by atoms with van der Waals surface area (Å²) in [5.74, 6) is -0.0793. The monoisotopic (exact) mass is 396 g/mol. The molecule has 0 unspecified atom stereocenters. The van der Waals surface area contributed by atoms with E-state index < -0.39 is 0 Å². The van der Waals surface area contributed by atoms with Gasteiger partial charge in [0.25, 0.3) is 0 Å². The van der Waals surface area contributed by atoms with Crippen LogP contribution in [0.25, 0.3) is 0 Å². The molecule has 0 bridgehead atoms. The molecule has 0 atom stereocenters. The molecule has 26 heavy (non-hydrogen) atoms. The van der Waals surface area contributed by atoms with Crippen LogP contribution in [0.3, 0.4) is 0 Å². The molecule has 0 saturated heterocycles. The normalized spacial score (nSPS) is 20.3. The second kappa shape index (κ2) is 8.92. The van der Waals surface area contributed by atoms with Crippen molar-refractivity contribution in [1.82, 2.24) is 10.6 Å². The van der Waals surface area contributed by atoms with Crippen LogP contribution in [0.5, 0.6) is 0 Å². The maximum absolute atomic E-state index is 12.5. The van der Waals surface area contributed by atoms with Crippen molar-refractivity contribution in [2.45, 2.75) is 51.0 Å². The highest BCUT2D eigenvalue weighted by molar-refractivity contribution is 6.42. The van der Waals surface area contributed by atoms with Gasteiger partial charge in [0.15, 0.2) is 0 Å². The first kappa shape index (κ1) is 20.8. The zero-order chi connectivity index (χ0) is 19.3. The molecule has 1 aliphatic carbocycles. The van der Waals surface area contributed by atoms with Gasteiger partial charge < -0.3 is 10.6 Å². The SMILES string of the molecule is C=CC(=O)NC1CCC(C(=O)NCC(C)(C)c2ccc(Cl)c(Cl)c2)CC1. The summed E-state index contributed by atoms with van der Waals surface area (Å²) < 4.78 is 0. The quantitative estimate of drug-likeness (QED) is 0.706. The van der Waals surface area contributed by atoms with Gasteiger partial charge >= 0.3 is 0 Å². The molecule has 6 heteroatoms. The van der Waals surface area contributed by atoms with E-state index in [0.717, 1.165) is 31.2 Å². The Morgan fingerprint density at radius 3 is 2.42 bits per heavy atom. The average molecular weight is 397 g/mol. The van der Waals surface area contributed by atoms with Crippen molar-refractivity contribution >= 4 is 35.0 Å². The Morgan fingerprint density at radius 1 is 1.19 bits per heavy atom. The summed E-state index contributed by atoms with van der Waals surface area (Å²) >= 11 is 12.1. The van der Waals surface area contributed by atoms with E-state index in [0.29, 0.717) is 16.6 Å². The number of carbonyl (C=O) groups is 2. The Morgan fingerprint density at radius 2 is 1.85 bits per heavy atom.